The second kappa shape index (κ2) is 12.2. The fraction of sp³-hybridized carbons (Fsp3) is 0.440. The maximum Gasteiger partial charge on any atom is 0.257 e. The summed E-state index contributed by atoms with van der Waals surface area (Å²) in [6.07, 6.45) is 3.01. The van der Waals surface area contributed by atoms with Crippen molar-refractivity contribution in [1.82, 2.24) is 10.2 Å². The van der Waals surface area contributed by atoms with Crippen LogP contribution in [0.2, 0.25) is 0 Å². The van der Waals surface area contributed by atoms with Crippen molar-refractivity contribution in [3.05, 3.63) is 65.2 Å². The highest BCUT2D eigenvalue weighted by Gasteiger charge is 2.12. The van der Waals surface area contributed by atoms with Gasteiger partial charge in [0.25, 0.3) is 5.91 Å². The molecule has 0 saturated carbocycles. The molecule has 2 N–H and O–H groups in total. The van der Waals surface area contributed by atoms with Crippen LogP contribution < -0.4 is 10.6 Å². The van der Waals surface area contributed by atoms with Crippen LogP contribution in [-0.4, -0.2) is 56.2 Å². The number of morpholine rings is 1. The van der Waals surface area contributed by atoms with Crippen LogP contribution >= 0.6 is 0 Å². The first-order valence-corrected chi connectivity index (χ1v) is 11.3. The van der Waals surface area contributed by atoms with Gasteiger partial charge in [-0.25, -0.2) is 0 Å². The Kier molecular flexibility index (Phi) is 9.06. The monoisotopic (exact) mass is 422 g/mol. The molecule has 3 rings (SSSR count). The molecule has 31 heavy (non-hydrogen) atoms. The first-order valence-electron chi connectivity index (χ1n) is 11.3. The van der Waals surface area contributed by atoms with Crippen molar-refractivity contribution in [1.29, 1.82) is 0 Å². The minimum Gasteiger partial charge on any atom is -0.379 e. The van der Waals surface area contributed by atoms with Crippen molar-refractivity contribution in [2.24, 2.45) is 4.99 Å². The number of rotatable bonds is 8. The molecular weight excluding hydrogens is 388 g/mol. The van der Waals surface area contributed by atoms with E-state index in [1.807, 2.05) is 42.5 Å². The van der Waals surface area contributed by atoms with E-state index in [-0.39, 0.29) is 5.91 Å². The second-order valence-corrected chi connectivity index (χ2v) is 7.72. The Hall–Kier alpha value is -2.70. The molecule has 6 heteroatoms. The quantitative estimate of drug-likeness (QED) is 0.503. The van der Waals surface area contributed by atoms with Crippen LogP contribution in [0.25, 0.3) is 0 Å². The van der Waals surface area contributed by atoms with E-state index in [4.69, 9.17) is 9.73 Å². The Morgan fingerprint density at radius 1 is 1.06 bits per heavy atom. The van der Waals surface area contributed by atoms with E-state index in [0.717, 1.165) is 57.8 Å². The summed E-state index contributed by atoms with van der Waals surface area (Å²) in [6, 6.07) is 15.9. The first-order chi connectivity index (χ1) is 15.2. The number of carbonyl (C=O) groups excluding carboxylic acids is 1. The molecule has 0 radical (unpaired) electrons. The molecule has 0 aliphatic carbocycles. The molecule has 166 valence electrons. The summed E-state index contributed by atoms with van der Waals surface area (Å²) >= 11 is 0. The third-order valence-corrected chi connectivity index (χ3v) is 5.43. The largest absolute Gasteiger partial charge is 0.379 e. The summed E-state index contributed by atoms with van der Waals surface area (Å²) in [7, 11) is 0. The molecule has 1 amide bonds. The average molecular weight is 423 g/mol. The van der Waals surface area contributed by atoms with Crippen LogP contribution in [-0.2, 0) is 17.6 Å². The number of aryl methyl sites for hydroxylation is 2. The fourth-order valence-electron chi connectivity index (χ4n) is 3.61. The van der Waals surface area contributed by atoms with Gasteiger partial charge in [0.1, 0.15) is 0 Å². The molecule has 0 aromatic heterocycles. The number of para-hydroxylation sites is 1. The summed E-state index contributed by atoms with van der Waals surface area (Å²) in [4.78, 5) is 19.9. The van der Waals surface area contributed by atoms with E-state index in [1.165, 1.54) is 11.1 Å². The lowest BCUT2D eigenvalue weighted by molar-refractivity contribution is 0.0394. The zero-order valence-electron chi connectivity index (χ0n) is 18.7. The molecule has 0 unspecified atom stereocenters. The highest BCUT2D eigenvalue weighted by atomic mass is 16.5. The highest BCUT2D eigenvalue weighted by molar-refractivity contribution is 6.10. The maximum absolute atomic E-state index is 12.9. The van der Waals surface area contributed by atoms with Gasteiger partial charge in [-0.3, -0.25) is 20.0 Å². The lowest BCUT2D eigenvalue weighted by atomic mass is 10.1. The summed E-state index contributed by atoms with van der Waals surface area (Å²) in [5.41, 5.74) is 4.02. The molecule has 1 aliphatic rings. The van der Waals surface area contributed by atoms with Crippen LogP contribution in [0.3, 0.4) is 0 Å². The Bertz CT molecular complexity index is 858. The van der Waals surface area contributed by atoms with Gasteiger partial charge in [0, 0.05) is 30.9 Å². The van der Waals surface area contributed by atoms with Crippen LogP contribution in [0, 0.1) is 0 Å². The molecule has 1 heterocycles. The standard InChI is InChI=1S/C25H34N4O2/c1-3-7-20-10-12-22(13-11-20)24(30)28-25(26-14-15-29-16-18-31-19-17-29)27-23-9-6-5-8-21(23)4-2/h5-6,8-13H,3-4,7,14-19H2,1-2H3,(H2,26,27,28,30). The Balaban J connectivity index is 1.70. The van der Waals surface area contributed by atoms with E-state index < -0.39 is 0 Å². The van der Waals surface area contributed by atoms with Crippen molar-refractivity contribution < 1.29 is 9.53 Å². The van der Waals surface area contributed by atoms with Gasteiger partial charge in [0.2, 0.25) is 5.96 Å². The predicted octanol–water partition coefficient (Wildman–Crippen LogP) is 3.73. The molecule has 0 atom stereocenters. The van der Waals surface area contributed by atoms with Crippen molar-refractivity contribution >= 4 is 17.6 Å². The van der Waals surface area contributed by atoms with Gasteiger partial charge in [0.05, 0.1) is 19.8 Å². The number of hydrogen-bond donors (Lipinski definition) is 2. The molecule has 0 bridgehead atoms. The number of guanidine groups is 1. The zero-order valence-corrected chi connectivity index (χ0v) is 18.7. The average Bonchev–Trinajstić information content (AvgIpc) is 2.80. The highest BCUT2D eigenvalue weighted by Crippen LogP contribution is 2.15. The lowest BCUT2D eigenvalue weighted by Gasteiger charge is -2.25. The Labute approximate surface area is 185 Å². The number of aliphatic imine (C=N–C) groups is 1. The van der Waals surface area contributed by atoms with Gasteiger partial charge in [-0.1, -0.05) is 50.6 Å². The third kappa shape index (κ3) is 7.19. The van der Waals surface area contributed by atoms with Gasteiger partial charge in [-0.2, -0.15) is 0 Å². The van der Waals surface area contributed by atoms with E-state index in [2.05, 4.69) is 35.4 Å². The third-order valence-electron chi connectivity index (χ3n) is 5.43. The van der Waals surface area contributed by atoms with Crippen LogP contribution in [0.1, 0.15) is 41.8 Å². The van der Waals surface area contributed by atoms with E-state index >= 15 is 0 Å². The minimum atomic E-state index is -0.158. The number of nitrogens with one attached hydrogen (secondary N) is 2. The maximum atomic E-state index is 12.9. The lowest BCUT2D eigenvalue weighted by Crippen LogP contribution is -2.39. The predicted molar refractivity (Wildman–Crippen MR) is 127 cm³/mol. The van der Waals surface area contributed by atoms with E-state index in [1.54, 1.807) is 0 Å². The molecule has 1 saturated heterocycles. The van der Waals surface area contributed by atoms with Crippen LogP contribution in [0.15, 0.2) is 53.5 Å². The molecule has 2 aromatic rings. The topological polar surface area (TPSA) is 66.0 Å². The summed E-state index contributed by atoms with van der Waals surface area (Å²) < 4.78 is 5.41. The number of amides is 1. The Morgan fingerprint density at radius 2 is 1.81 bits per heavy atom. The molecule has 1 fully saturated rings. The van der Waals surface area contributed by atoms with Crippen LogP contribution in [0.4, 0.5) is 5.69 Å². The minimum absolute atomic E-state index is 0.158. The zero-order chi connectivity index (χ0) is 21.9. The van der Waals surface area contributed by atoms with E-state index in [0.29, 0.717) is 18.1 Å². The van der Waals surface area contributed by atoms with Crippen LogP contribution in [0.5, 0.6) is 0 Å². The van der Waals surface area contributed by atoms with Gasteiger partial charge < -0.3 is 10.1 Å². The van der Waals surface area contributed by atoms with Crippen molar-refractivity contribution in [3.8, 4) is 0 Å². The number of hydrogen-bond acceptors (Lipinski definition) is 4. The first kappa shape index (κ1) is 23.0. The molecule has 2 aromatic carbocycles. The van der Waals surface area contributed by atoms with E-state index in [9.17, 15) is 4.79 Å². The second-order valence-electron chi connectivity index (χ2n) is 7.72. The summed E-state index contributed by atoms with van der Waals surface area (Å²) in [5, 5.41) is 6.32. The van der Waals surface area contributed by atoms with Gasteiger partial charge in [0.15, 0.2) is 0 Å². The van der Waals surface area contributed by atoms with Crippen molar-refractivity contribution in [2.45, 2.75) is 33.1 Å². The molecule has 0 spiro atoms. The number of nitrogens with zero attached hydrogens (tertiary/aromatic N) is 2. The molecule has 1 aliphatic heterocycles. The SMILES string of the molecule is CCCc1ccc(C(=O)NC(=NCCN2CCOCC2)Nc2ccccc2CC)cc1. The number of anilines is 1. The number of ether oxygens (including phenoxy) is 1. The van der Waals surface area contributed by atoms with Crippen molar-refractivity contribution in [3.63, 3.8) is 0 Å². The smallest absolute Gasteiger partial charge is 0.257 e. The fourth-order valence-corrected chi connectivity index (χ4v) is 3.61. The molecule has 6 nitrogen and oxygen atoms in total. The van der Waals surface area contributed by atoms with Gasteiger partial charge in [-0.05, 0) is 42.2 Å². The van der Waals surface area contributed by atoms with Gasteiger partial charge in [-0.15, -0.1) is 0 Å². The number of carbonyl (C=O) groups is 1. The van der Waals surface area contributed by atoms with Gasteiger partial charge >= 0.3 is 0 Å². The summed E-state index contributed by atoms with van der Waals surface area (Å²) in [6.45, 7) is 9.10. The number of benzene rings is 2. The normalized spacial score (nSPS) is 15.0. The summed E-state index contributed by atoms with van der Waals surface area (Å²) in [5.74, 6) is 0.325. The Morgan fingerprint density at radius 3 is 2.52 bits per heavy atom. The molecular formula is C25H34N4O2. The van der Waals surface area contributed by atoms with Crippen molar-refractivity contribution in [2.75, 3.05) is 44.7 Å².